The van der Waals surface area contributed by atoms with Gasteiger partial charge in [-0.1, -0.05) is 6.92 Å². The van der Waals surface area contributed by atoms with Gasteiger partial charge in [-0.3, -0.25) is 4.79 Å². The molecule has 2 rings (SSSR count). The molecule has 1 heterocycles. The molecular weight excluding hydrogens is 271 g/mol. The Kier molecular flexibility index (Phi) is 5.70. The van der Waals surface area contributed by atoms with Crippen molar-refractivity contribution in [1.82, 2.24) is 10.2 Å². The van der Waals surface area contributed by atoms with E-state index in [1.165, 1.54) is 24.3 Å². The molecule has 0 aliphatic carbocycles. The Labute approximate surface area is 125 Å². The zero-order valence-electron chi connectivity index (χ0n) is 12.4. The molecule has 1 aliphatic heterocycles. The quantitative estimate of drug-likeness (QED) is 0.868. The Hall–Kier alpha value is -1.46. The van der Waals surface area contributed by atoms with Crippen LogP contribution in [0, 0.1) is 11.7 Å². The van der Waals surface area contributed by atoms with Gasteiger partial charge in [0.1, 0.15) is 5.82 Å². The van der Waals surface area contributed by atoms with Gasteiger partial charge in [-0.05, 0) is 56.1 Å². The molecule has 0 saturated carbocycles. The highest BCUT2D eigenvalue weighted by molar-refractivity contribution is 5.94. The summed E-state index contributed by atoms with van der Waals surface area (Å²) in [6.45, 7) is 5.05. The number of nitrogens with zero attached hydrogens (tertiary/aromatic N) is 1. The Bertz CT molecular complexity index is 456. The van der Waals surface area contributed by atoms with Crippen LogP contribution in [0.2, 0.25) is 0 Å². The summed E-state index contributed by atoms with van der Waals surface area (Å²) in [7, 11) is 0. The standard InChI is InChI=1S/C16H23FN2O2/c1-12-6-8-19(9-7-12)11-15(20)10-18-16(21)13-2-4-14(17)5-3-13/h2-5,12,15,20H,6-11H2,1H3,(H,18,21). The normalized spacial score (nSPS) is 18.4. The van der Waals surface area contributed by atoms with Crippen LogP contribution in [0.4, 0.5) is 4.39 Å². The van der Waals surface area contributed by atoms with Crippen molar-refractivity contribution in [2.45, 2.75) is 25.9 Å². The van der Waals surface area contributed by atoms with E-state index in [0.29, 0.717) is 12.1 Å². The summed E-state index contributed by atoms with van der Waals surface area (Å²) >= 11 is 0. The van der Waals surface area contributed by atoms with Gasteiger partial charge in [-0.15, -0.1) is 0 Å². The number of β-amino-alcohol motifs (C(OH)–C–C–N with tert-alkyl or cyclic N) is 1. The first-order chi connectivity index (χ1) is 10.0. The van der Waals surface area contributed by atoms with Crippen molar-refractivity contribution in [2.24, 2.45) is 5.92 Å². The van der Waals surface area contributed by atoms with Crippen LogP contribution in [-0.4, -0.2) is 48.2 Å². The van der Waals surface area contributed by atoms with Crippen LogP contribution in [-0.2, 0) is 0 Å². The largest absolute Gasteiger partial charge is 0.390 e. The maximum Gasteiger partial charge on any atom is 0.251 e. The van der Waals surface area contributed by atoms with Gasteiger partial charge in [0.25, 0.3) is 5.91 Å². The van der Waals surface area contributed by atoms with Gasteiger partial charge < -0.3 is 15.3 Å². The zero-order valence-corrected chi connectivity index (χ0v) is 12.4. The van der Waals surface area contributed by atoms with Crippen LogP contribution < -0.4 is 5.32 Å². The van der Waals surface area contributed by atoms with Gasteiger partial charge in [0, 0.05) is 18.7 Å². The summed E-state index contributed by atoms with van der Waals surface area (Å²) in [5, 5.41) is 12.7. The van der Waals surface area contributed by atoms with Crippen LogP contribution in [0.25, 0.3) is 0 Å². The first-order valence-corrected chi connectivity index (χ1v) is 7.49. The number of likely N-dealkylation sites (tertiary alicyclic amines) is 1. The second kappa shape index (κ2) is 7.52. The molecule has 0 spiro atoms. The minimum absolute atomic E-state index is 0.211. The van der Waals surface area contributed by atoms with Crippen molar-refractivity contribution >= 4 is 5.91 Å². The maximum atomic E-state index is 12.8. The third-order valence-electron chi connectivity index (χ3n) is 3.95. The molecule has 4 nitrogen and oxygen atoms in total. The monoisotopic (exact) mass is 294 g/mol. The summed E-state index contributed by atoms with van der Waals surface area (Å²) in [5.74, 6) is 0.101. The number of rotatable bonds is 5. The number of amides is 1. The molecule has 1 aliphatic rings. The number of nitrogens with one attached hydrogen (secondary N) is 1. The van der Waals surface area contributed by atoms with Gasteiger partial charge in [0.2, 0.25) is 0 Å². The summed E-state index contributed by atoms with van der Waals surface area (Å²) in [6, 6.07) is 5.37. The number of aliphatic hydroxyl groups is 1. The van der Waals surface area contributed by atoms with Crippen molar-refractivity contribution in [1.29, 1.82) is 0 Å². The summed E-state index contributed by atoms with van der Waals surface area (Å²) in [6.07, 6.45) is 1.74. The molecule has 0 bridgehead atoms. The number of piperidine rings is 1. The lowest BCUT2D eigenvalue weighted by Gasteiger charge is -2.31. The fourth-order valence-electron chi connectivity index (χ4n) is 2.52. The van der Waals surface area contributed by atoms with Crippen LogP contribution in [0.1, 0.15) is 30.1 Å². The van der Waals surface area contributed by atoms with Crippen molar-refractivity contribution in [3.63, 3.8) is 0 Å². The molecule has 0 radical (unpaired) electrons. The van der Waals surface area contributed by atoms with Gasteiger partial charge in [-0.2, -0.15) is 0 Å². The minimum Gasteiger partial charge on any atom is -0.390 e. The average Bonchev–Trinajstić information content (AvgIpc) is 2.48. The Morgan fingerprint density at radius 2 is 2.00 bits per heavy atom. The van der Waals surface area contributed by atoms with Crippen molar-refractivity contribution in [3.8, 4) is 0 Å². The highest BCUT2D eigenvalue weighted by Crippen LogP contribution is 2.15. The Morgan fingerprint density at radius 1 is 1.38 bits per heavy atom. The van der Waals surface area contributed by atoms with E-state index < -0.39 is 6.10 Å². The summed E-state index contributed by atoms with van der Waals surface area (Å²) < 4.78 is 12.8. The number of hydrogen-bond acceptors (Lipinski definition) is 3. The third-order valence-corrected chi connectivity index (χ3v) is 3.95. The summed E-state index contributed by atoms with van der Waals surface area (Å²) in [4.78, 5) is 14.1. The second-order valence-electron chi connectivity index (χ2n) is 5.85. The smallest absolute Gasteiger partial charge is 0.251 e. The molecule has 21 heavy (non-hydrogen) atoms. The fraction of sp³-hybridized carbons (Fsp3) is 0.562. The average molecular weight is 294 g/mol. The SMILES string of the molecule is CC1CCN(CC(O)CNC(=O)c2ccc(F)cc2)CC1. The third kappa shape index (κ3) is 5.10. The topological polar surface area (TPSA) is 52.6 Å². The lowest BCUT2D eigenvalue weighted by atomic mass is 9.99. The van der Waals surface area contributed by atoms with E-state index in [0.717, 1.165) is 31.8 Å². The van der Waals surface area contributed by atoms with Crippen molar-refractivity contribution in [2.75, 3.05) is 26.2 Å². The molecule has 1 saturated heterocycles. The molecule has 1 unspecified atom stereocenters. The lowest BCUT2D eigenvalue weighted by Crippen LogP contribution is -2.43. The van der Waals surface area contributed by atoms with E-state index in [2.05, 4.69) is 17.1 Å². The van der Waals surface area contributed by atoms with E-state index in [9.17, 15) is 14.3 Å². The first kappa shape index (κ1) is 15.9. The predicted molar refractivity (Wildman–Crippen MR) is 79.6 cm³/mol. The lowest BCUT2D eigenvalue weighted by molar-refractivity contribution is 0.0795. The Morgan fingerprint density at radius 3 is 2.62 bits per heavy atom. The van der Waals surface area contributed by atoms with Gasteiger partial charge in [0.05, 0.1) is 6.10 Å². The minimum atomic E-state index is -0.581. The maximum absolute atomic E-state index is 12.8. The van der Waals surface area contributed by atoms with E-state index in [4.69, 9.17) is 0 Å². The zero-order chi connectivity index (χ0) is 15.2. The van der Waals surface area contributed by atoms with E-state index in [1.807, 2.05) is 0 Å². The molecular formula is C16H23FN2O2. The second-order valence-corrected chi connectivity index (χ2v) is 5.85. The Balaban J connectivity index is 1.72. The van der Waals surface area contributed by atoms with Gasteiger partial charge in [-0.25, -0.2) is 4.39 Å². The molecule has 116 valence electrons. The van der Waals surface area contributed by atoms with Crippen LogP contribution in [0.15, 0.2) is 24.3 Å². The van der Waals surface area contributed by atoms with Crippen LogP contribution in [0.5, 0.6) is 0 Å². The molecule has 1 fully saturated rings. The van der Waals surface area contributed by atoms with Gasteiger partial charge in [0.15, 0.2) is 0 Å². The number of benzene rings is 1. The molecule has 1 aromatic rings. The highest BCUT2D eigenvalue weighted by atomic mass is 19.1. The van der Waals surface area contributed by atoms with Crippen LogP contribution in [0.3, 0.4) is 0 Å². The van der Waals surface area contributed by atoms with E-state index in [-0.39, 0.29) is 18.3 Å². The van der Waals surface area contributed by atoms with E-state index in [1.54, 1.807) is 0 Å². The molecule has 1 aromatic carbocycles. The van der Waals surface area contributed by atoms with Crippen molar-refractivity contribution < 1.29 is 14.3 Å². The molecule has 1 amide bonds. The molecule has 1 atom stereocenters. The number of carbonyl (C=O) groups excluding carboxylic acids is 1. The molecule has 5 heteroatoms. The predicted octanol–water partition coefficient (Wildman–Crippen LogP) is 1.65. The molecule has 0 aromatic heterocycles. The summed E-state index contributed by atoms with van der Waals surface area (Å²) in [5.41, 5.74) is 0.399. The highest BCUT2D eigenvalue weighted by Gasteiger charge is 2.18. The van der Waals surface area contributed by atoms with Gasteiger partial charge >= 0.3 is 0 Å². The fourth-order valence-corrected chi connectivity index (χ4v) is 2.52. The van der Waals surface area contributed by atoms with Crippen LogP contribution >= 0.6 is 0 Å². The van der Waals surface area contributed by atoms with Crippen molar-refractivity contribution in [3.05, 3.63) is 35.6 Å². The molecule has 2 N–H and O–H groups in total. The number of aliphatic hydroxyl groups excluding tert-OH is 1. The number of halogens is 1. The first-order valence-electron chi connectivity index (χ1n) is 7.49. The number of hydrogen-bond donors (Lipinski definition) is 2. The van der Waals surface area contributed by atoms with E-state index >= 15 is 0 Å². The number of carbonyl (C=O) groups is 1.